The summed E-state index contributed by atoms with van der Waals surface area (Å²) in [5, 5.41) is 0. The number of aryl methyl sites for hydroxylation is 1. The lowest BCUT2D eigenvalue weighted by molar-refractivity contribution is 0.0813. The van der Waals surface area contributed by atoms with E-state index in [1.165, 1.54) is 43.2 Å². The van der Waals surface area contributed by atoms with E-state index in [1.807, 2.05) is 13.0 Å². The third-order valence-electron chi connectivity index (χ3n) is 7.58. The van der Waals surface area contributed by atoms with Crippen LogP contribution in [0, 0.1) is 29.1 Å². The molecule has 2 nitrogen and oxygen atoms in total. The van der Waals surface area contributed by atoms with Crippen molar-refractivity contribution in [2.75, 3.05) is 0 Å². The van der Waals surface area contributed by atoms with Crippen LogP contribution in [-0.2, 0) is 6.42 Å². The second kappa shape index (κ2) is 6.31. The maximum Gasteiger partial charge on any atom is 0.249 e. The number of hydrogen-bond acceptors (Lipinski definition) is 1. The Hall–Kier alpha value is -2.01. The molecule has 0 heterocycles. The molecule has 0 aliphatic heterocycles. The number of rotatable bonds is 1. The van der Waals surface area contributed by atoms with Gasteiger partial charge in [-0.3, -0.25) is 4.79 Å². The van der Waals surface area contributed by atoms with E-state index < -0.39 is 0 Å². The molecule has 136 valence electrons. The molecule has 0 spiro atoms. The SMILES string of the molecule is CC#Cc1cc2c(cc1C(N)=O)CCC1C2CC[C@]2(C)/C(=C\C)CCC12. The van der Waals surface area contributed by atoms with Crippen LogP contribution in [0.25, 0.3) is 0 Å². The van der Waals surface area contributed by atoms with Crippen molar-refractivity contribution in [2.24, 2.45) is 23.0 Å². The van der Waals surface area contributed by atoms with Crippen molar-refractivity contribution in [2.45, 2.75) is 65.2 Å². The summed E-state index contributed by atoms with van der Waals surface area (Å²) in [5.41, 5.74) is 11.9. The summed E-state index contributed by atoms with van der Waals surface area (Å²) >= 11 is 0. The molecule has 1 aromatic rings. The number of nitrogens with two attached hydrogens (primary N) is 1. The number of fused-ring (bicyclic) bond motifs is 5. The van der Waals surface area contributed by atoms with Gasteiger partial charge in [0.15, 0.2) is 0 Å². The number of allylic oxidation sites excluding steroid dienone is 2. The summed E-state index contributed by atoms with van der Waals surface area (Å²) in [6.07, 6.45) is 9.83. The Bertz CT molecular complexity index is 853. The fourth-order valence-electron chi connectivity index (χ4n) is 6.39. The maximum absolute atomic E-state index is 11.9. The Morgan fingerprint density at radius 1 is 1.27 bits per heavy atom. The molecule has 3 unspecified atom stereocenters. The predicted octanol–water partition coefficient (Wildman–Crippen LogP) is 4.96. The molecule has 0 radical (unpaired) electrons. The first-order valence-electron chi connectivity index (χ1n) is 10.0. The van der Waals surface area contributed by atoms with Gasteiger partial charge in [-0.15, -0.1) is 5.92 Å². The summed E-state index contributed by atoms with van der Waals surface area (Å²) in [5.74, 6) is 7.88. The van der Waals surface area contributed by atoms with E-state index in [4.69, 9.17) is 5.73 Å². The highest BCUT2D eigenvalue weighted by molar-refractivity contribution is 5.96. The molecule has 4 rings (SSSR count). The van der Waals surface area contributed by atoms with E-state index in [9.17, 15) is 4.79 Å². The van der Waals surface area contributed by atoms with Gasteiger partial charge in [-0.25, -0.2) is 0 Å². The van der Waals surface area contributed by atoms with E-state index in [1.54, 1.807) is 5.57 Å². The van der Waals surface area contributed by atoms with Crippen LogP contribution < -0.4 is 5.73 Å². The van der Waals surface area contributed by atoms with Crippen molar-refractivity contribution in [3.05, 3.63) is 46.0 Å². The van der Waals surface area contributed by atoms with Gasteiger partial charge in [-0.05, 0) is 98.8 Å². The van der Waals surface area contributed by atoms with Crippen molar-refractivity contribution in [3.63, 3.8) is 0 Å². The van der Waals surface area contributed by atoms with Gasteiger partial charge in [0, 0.05) is 5.56 Å². The largest absolute Gasteiger partial charge is 0.366 e. The van der Waals surface area contributed by atoms with Crippen LogP contribution >= 0.6 is 0 Å². The third kappa shape index (κ3) is 2.44. The lowest BCUT2D eigenvalue weighted by Gasteiger charge is -2.49. The molecular formula is C24H29NO. The van der Waals surface area contributed by atoms with E-state index >= 15 is 0 Å². The summed E-state index contributed by atoms with van der Waals surface area (Å²) in [7, 11) is 0. The number of carbonyl (C=O) groups excluding carboxylic acids is 1. The zero-order chi connectivity index (χ0) is 18.5. The highest BCUT2D eigenvalue weighted by atomic mass is 16.1. The molecule has 2 fully saturated rings. The fraction of sp³-hybridized carbons (Fsp3) is 0.542. The number of benzene rings is 1. The molecule has 0 bridgehead atoms. The van der Waals surface area contributed by atoms with Crippen LogP contribution in [0.2, 0.25) is 0 Å². The lowest BCUT2D eigenvalue weighted by Crippen LogP contribution is -2.40. The highest BCUT2D eigenvalue weighted by Crippen LogP contribution is 2.62. The molecule has 4 atom stereocenters. The zero-order valence-corrected chi connectivity index (χ0v) is 16.2. The van der Waals surface area contributed by atoms with Crippen LogP contribution in [0.1, 0.15) is 85.8 Å². The zero-order valence-electron chi connectivity index (χ0n) is 16.2. The average Bonchev–Trinajstić information content (AvgIpc) is 2.97. The van der Waals surface area contributed by atoms with Crippen LogP contribution in [0.4, 0.5) is 0 Å². The molecule has 2 heteroatoms. The molecule has 1 amide bonds. The van der Waals surface area contributed by atoms with Crippen molar-refractivity contribution < 1.29 is 4.79 Å². The lowest BCUT2D eigenvalue weighted by atomic mass is 9.55. The van der Waals surface area contributed by atoms with Crippen LogP contribution in [0.15, 0.2) is 23.8 Å². The molecular weight excluding hydrogens is 318 g/mol. The molecule has 26 heavy (non-hydrogen) atoms. The van der Waals surface area contributed by atoms with Gasteiger partial charge in [-0.1, -0.05) is 24.5 Å². The minimum Gasteiger partial charge on any atom is -0.366 e. The molecule has 1 aromatic carbocycles. The summed E-state index contributed by atoms with van der Waals surface area (Å²) in [4.78, 5) is 11.9. The Labute approximate surface area is 157 Å². The van der Waals surface area contributed by atoms with E-state index in [-0.39, 0.29) is 5.91 Å². The van der Waals surface area contributed by atoms with Gasteiger partial charge in [0.1, 0.15) is 0 Å². The first-order valence-corrected chi connectivity index (χ1v) is 10.0. The quantitative estimate of drug-likeness (QED) is 0.566. The van der Waals surface area contributed by atoms with Crippen LogP contribution in [0.5, 0.6) is 0 Å². The minimum absolute atomic E-state index is 0.364. The molecule has 3 aliphatic carbocycles. The van der Waals surface area contributed by atoms with Gasteiger partial charge in [0.05, 0.1) is 5.56 Å². The first-order chi connectivity index (χ1) is 12.5. The summed E-state index contributed by atoms with van der Waals surface area (Å²) in [6.45, 7) is 6.54. The Morgan fingerprint density at radius 3 is 2.77 bits per heavy atom. The normalized spacial score (nSPS) is 33.7. The van der Waals surface area contributed by atoms with Gasteiger partial charge < -0.3 is 5.73 Å². The molecule has 2 saturated carbocycles. The van der Waals surface area contributed by atoms with Gasteiger partial charge in [0.25, 0.3) is 0 Å². The van der Waals surface area contributed by atoms with Crippen LogP contribution in [0.3, 0.4) is 0 Å². The summed E-state index contributed by atoms with van der Waals surface area (Å²) < 4.78 is 0. The fourth-order valence-corrected chi connectivity index (χ4v) is 6.39. The highest BCUT2D eigenvalue weighted by Gasteiger charge is 2.52. The van der Waals surface area contributed by atoms with Crippen LogP contribution in [-0.4, -0.2) is 5.91 Å². The molecule has 2 N–H and O–H groups in total. The Kier molecular flexibility index (Phi) is 4.22. The Morgan fingerprint density at radius 2 is 2.08 bits per heavy atom. The molecule has 0 aromatic heterocycles. The summed E-state index contributed by atoms with van der Waals surface area (Å²) in [6, 6.07) is 4.23. The second-order valence-corrected chi connectivity index (χ2v) is 8.56. The minimum atomic E-state index is -0.364. The number of hydrogen-bond donors (Lipinski definition) is 1. The number of carbonyl (C=O) groups is 1. The Balaban J connectivity index is 1.76. The van der Waals surface area contributed by atoms with Crippen molar-refractivity contribution in [1.82, 2.24) is 0 Å². The number of amides is 1. The maximum atomic E-state index is 11.9. The van der Waals surface area contributed by atoms with Gasteiger partial charge in [-0.2, -0.15) is 0 Å². The van der Waals surface area contributed by atoms with Crippen molar-refractivity contribution >= 4 is 5.91 Å². The third-order valence-corrected chi connectivity index (χ3v) is 7.58. The average molecular weight is 348 g/mol. The smallest absolute Gasteiger partial charge is 0.249 e. The second-order valence-electron chi connectivity index (χ2n) is 8.56. The van der Waals surface area contributed by atoms with E-state index in [2.05, 4.69) is 37.8 Å². The topological polar surface area (TPSA) is 43.1 Å². The van der Waals surface area contributed by atoms with E-state index in [0.29, 0.717) is 16.9 Å². The first kappa shape index (κ1) is 17.4. The van der Waals surface area contributed by atoms with Crippen molar-refractivity contribution in [3.8, 4) is 11.8 Å². The standard InChI is InChI=1S/C24H29NO/c1-4-6-15-13-20-16(14-21(15)23(25)26)7-9-19-18(20)11-12-24(3)17(5-2)8-10-22(19)24/h5,13-14,18-19,22H,7-12H2,1-3H3,(H2,25,26)/b17-5-/t18?,19?,22?,24-/m1/s1. The monoisotopic (exact) mass is 347 g/mol. The van der Waals surface area contributed by atoms with Crippen molar-refractivity contribution in [1.29, 1.82) is 0 Å². The van der Waals surface area contributed by atoms with E-state index in [0.717, 1.165) is 23.8 Å². The van der Waals surface area contributed by atoms with Gasteiger partial charge >= 0.3 is 0 Å². The predicted molar refractivity (Wildman–Crippen MR) is 106 cm³/mol. The molecule has 0 saturated heterocycles. The van der Waals surface area contributed by atoms with Gasteiger partial charge in [0.2, 0.25) is 5.91 Å². The number of primary amides is 1. The molecule has 3 aliphatic rings.